The lowest BCUT2D eigenvalue weighted by Crippen LogP contribution is -2.48. The molecule has 0 spiro atoms. The van der Waals surface area contributed by atoms with Crippen LogP contribution in [0.3, 0.4) is 0 Å². The van der Waals surface area contributed by atoms with Crippen molar-refractivity contribution in [2.24, 2.45) is 5.41 Å². The Morgan fingerprint density at radius 3 is 2.72 bits per heavy atom. The van der Waals surface area contributed by atoms with Crippen LogP contribution in [0.25, 0.3) is 0 Å². The number of rotatable bonds is 8. The Hall–Kier alpha value is -2.57. The SMILES string of the molecule is CCC(C)(C)C(=O)C(=O)N1CCCC1C(=O)OCCCc1ccc2c(c1)OCO2. The van der Waals surface area contributed by atoms with E-state index in [1.54, 1.807) is 13.8 Å². The molecule has 1 unspecified atom stereocenters. The van der Waals surface area contributed by atoms with Crippen molar-refractivity contribution in [3.63, 3.8) is 0 Å². The van der Waals surface area contributed by atoms with E-state index in [9.17, 15) is 14.4 Å². The number of hydrogen-bond acceptors (Lipinski definition) is 6. The van der Waals surface area contributed by atoms with E-state index in [0.717, 1.165) is 23.5 Å². The smallest absolute Gasteiger partial charge is 0.328 e. The predicted octanol–water partition coefficient (Wildman–Crippen LogP) is 2.89. The monoisotopic (exact) mass is 403 g/mol. The van der Waals surface area contributed by atoms with Gasteiger partial charge in [-0.15, -0.1) is 0 Å². The minimum Gasteiger partial charge on any atom is -0.464 e. The van der Waals surface area contributed by atoms with E-state index in [-0.39, 0.29) is 13.4 Å². The predicted molar refractivity (Wildman–Crippen MR) is 106 cm³/mol. The minimum atomic E-state index is -0.723. The molecule has 0 aliphatic carbocycles. The zero-order chi connectivity index (χ0) is 21.0. The molecule has 1 aromatic carbocycles. The van der Waals surface area contributed by atoms with Gasteiger partial charge in [0.2, 0.25) is 12.6 Å². The van der Waals surface area contributed by atoms with E-state index in [1.165, 1.54) is 4.90 Å². The average molecular weight is 403 g/mol. The minimum absolute atomic E-state index is 0.241. The van der Waals surface area contributed by atoms with Gasteiger partial charge in [-0.3, -0.25) is 9.59 Å². The first-order valence-electron chi connectivity index (χ1n) is 10.2. The van der Waals surface area contributed by atoms with Crippen molar-refractivity contribution in [3.8, 4) is 11.5 Å². The Kier molecular flexibility index (Phi) is 6.45. The molecule has 0 bridgehead atoms. The maximum atomic E-state index is 12.6. The third kappa shape index (κ3) is 4.71. The number of ether oxygens (including phenoxy) is 3. The van der Waals surface area contributed by atoms with Crippen molar-refractivity contribution in [1.29, 1.82) is 0 Å². The average Bonchev–Trinajstić information content (AvgIpc) is 3.38. The van der Waals surface area contributed by atoms with E-state index < -0.39 is 29.1 Å². The molecule has 2 heterocycles. The zero-order valence-corrected chi connectivity index (χ0v) is 17.4. The Labute approximate surface area is 171 Å². The Morgan fingerprint density at radius 1 is 1.21 bits per heavy atom. The van der Waals surface area contributed by atoms with E-state index in [1.807, 2.05) is 25.1 Å². The van der Waals surface area contributed by atoms with Gasteiger partial charge < -0.3 is 19.1 Å². The van der Waals surface area contributed by atoms with Crippen LogP contribution in [-0.2, 0) is 25.5 Å². The van der Waals surface area contributed by atoms with Crippen molar-refractivity contribution in [3.05, 3.63) is 23.8 Å². The molecule has 0 aromatic heterocycles. The molecule has 158 valence electrons. The summed E-state index contributed by atoms with van der Waals surface area (Å²) >= 11 is 0. The lowest BCUT2D eigenvalue weighted by atomic mass is 9.84. The maximum absolute atomic E-state index is 12.6. The molecule has 2 aliphatic heterocycles. The lowest BCUT2D eigenvalue weighted by Gasteiger charge is -2.27. The van der Waals surface area contributed by atoms with Crippen LogP contribution in [0.5, 0.6) is 11.5 Å². The highest BCUT2D eigenvalue weighted by Crippen LogP contribution is 2.32. The first-order chi connectivity index (χ1) is 13.8. The van der Waals surface area contributed by atoms with Crippen LogP contribution in [0.1, 0.15) is 52.0 Å². The van der Waals surface area contributed by atoms with Crippen molar-refractivity contribution in [2.45, 2.75) is 58.9 Å². The molecule has 3 rings (SSSR count). The Balaban J connectivity index is 1.48. The number of fused-ring (bicyclic) bond motifs is 1. The van der Waals surface area contributed by atoms with Crippen LogP contribution >= 0.6 is 0 Å². The van der Waals surface area contributed by atoms with Crippen LogP contribution in [0.2, 0.25) is 0 Å². The van der Waals surface area contributed by atoms with Crippen LogP contribution in [0.15, 0.2) is 18.2 Å². The second-order valence-electron chi connectivity index (χ2n) is 8.18. The van der Waals surface area contributed by atoms with Crippen LogP contribution in [-0.4, -0.2) is 48.5 Å². The molecular formula is C22H29NO6. The summed E-state index contributed by atoms with van der Waals surface area (Å²) in [5.74, 6) is 0.0362. The fourth-order valence-electron chi connectivity index (χ4n) is 3.48. The number of likely N-dealkylation sites (tertiary alicyclic amines) is 1. The van der Waals surface area contributed by atoms with Crippen LogP contribution in [0.4, 0.5) is 0 Å². The molecule has 2 aliphatic rings. The normalized spacial score (nSPS) is 18.0. The number of ketones is 1. The summed E-state index contributed by atoms with van der Waals surface area (Å²) in [7, 11) is 0. The fourth-order valence-corrected chi connectivity index (χ4v) is 3.48. The molecule has 1 saturated heterocycles. The maximum Gasteiger partial charge on any atom is 0.328 e. The topological polar surface area (TPSA) is 82.1 Å². The molecule has 1 atom stereocenters. The summed E-state index contributed by atoms with van der Waals surface area (Å²) in [6, 6.07) is 5.11. The summed E-state index contributed by atoms with van der Waals surface area (Å²) < 4.78 is 16.1. The number of carbonyl (C=O) groups is 3. The zero-order valence-electron chi connectivity index (χ0n) is 17.4. The number of nitrogens with zero attached hydrogens (tertiary/aromatic N) is 1. The van der Waals surface area contributed by atoms with Crippen LogP contribution < -0.4 is 9.47 Å². The third-order valence-electron chi connectivity index (χ3n) is 5.77. The van der Waals surface area contributed by atoms with E-state index >= 15 is 0 Å². The molecule has 7 heteroatoms. The van der Waals surface area contributed by atoms with Crippen molar-refractivity contribution >= 4 is 17.7 Å². The van der Waals surface area contributed by atoms with Gasteiger partial charge in [0.15, 0.2) is 11.5 Å². The second-order valence-corrected chi connectivity index (χ2v) is 8.18. The Morgan fingerprint density at radius 2 is 1.97 bits per heavy atom. The lowest BCUT2D eigenvalue weighted by molar-refractivity contribution is -0.157. The standard InChI is InChI=1S/C22H29NO6/c1-4-22(2,3)19(24)20(25)23-11-5-8-16(23)21(26)27-12-6-7-15-9-10-17-18(13-15)29-14-28-17/h9-10,13,16H,4-8,11-12,14H2,1-3H3. The number of benzene rings is 1. The first kappa shape index (κ1) is 21.1. The Bertz CT molecular complexity index is 788. The highest BCUT2D eigenvalue weighted by atomic mass is 16.7. The molecular weight excluding hydrogens is 374 g/mol. The molecule has 7 nitrogen and oxygen atoms in total. The fraction of sp³-hybridized carbons (Fsp3) is 0.591. The summed E-state index contributed by atoms with van der Waals surface area (Å²) in [5, 5.41) is 0. The number of Topliss-reactive ketones (excluding diaryl/α,β-unsaturated/α-hetero) is 1. The third-order valence-corrected chi connectivity index (χ3v) is 5.77. The van der Waals surface area contributed by atoms with Gasteiger partial charge in [-0.2, -0.15) is 0 Å². The van der Waals surface area contributed by atoms with Gasteiger partial charge in [-0.25, -0.2) is 4.79 Å². The van der Waals surface area contributed by atoms with Gasteiger partial charge in [-0.05, 0) is 49.8 Å². The molecule has 0 radical (unpaired) electrons. The van der Waals surface area contributed by atoms with Gasteiger partial charge in [0.1, 0.15) is 6.04 Å². The number of esters is 1. The number of aryl methyl sites for hydroxylation is 1. The van der Waals surface area contributed by atoms with Crippen LogP contribution in [0, 0.1) is 5.41 Å². The highest BCUT2D eigenvalue weighted by molar-refractivity contribution is 6.38. The summed E-state index contributed by atoms with van der Waals surface area (Å²) in [5.41, 5.74) is 0.356. The number of amides is 1. The van der Waals surface area contributed by atoms with Gasteiger partial charge in [0, 0.05) is 12.0 Å². The molecule has 0 saturated carbocycles. The largest absolute Gasteiger partial charge is 0.464 e. The molecule has 1 aromatic rings. The molecule has 1 fully saturated rings. The molecule has 29 heavy (non-hydrogen) atoms. The second kappa shape index (κ2) is 8.84. The van der Waals surface area contributed by atoms with Crippen molar-refractivity contribution < 1.29 is 28.6 Å². The van der Waals surface area contributed by atoms with Gasteiger partial charge in [0.25, 0.3) is 5.91 Å². The molecule has 0 N–H and O–H groups in total. The summed E-state index contributed by atoms with van der Waals surface area (Å²) in [4.78, 5) is 39.0. The van der Waals surface area contributed by atoms with Gasteiger partial charge >= 0.3 is 5.97 Å². The van der Waals surface area contributed by atoms with Crippen molar-refractivity contribution in [2.75, 3.05) is 19.9 Å². The first-order valence-corrected chi connectivity index (χ1v) is 10.2. The molecule has 1 amide bonds. The summed E-state index contributed by atoms with van der Waals surface area (Å²) in [6.45, 7) is 6.31. The van der Waals surface area contributed by atoms with E-state index in [4.69, 9.17) is 14.2 Å². The van der Waals surface area contributed by atoms with E-state index in [2.05, 4.69) is 0 Å². The number of hydrogen-bond donors (Lipinski definition) is 0. The van der Waals surface area contributed by atoms with Gasteiger partial charge in [0.05, 0.1) is 6.61 Å². The van der Waals surface area contributed by atoms with Crippen molar-refractivity contribution in [1.82, 2.24) is 4.90 Å². The quantitative estimate of drug-likeness (QED) is 0.377. The van der Waals surface area contributed by atoms with E-state index in [0.29, 0.717) is 32.2 Å². The summed E-state index contributed by atoms with van der Waals surface area (Å²) in [6.07, 6.45) is 3.20. The van der Waals surface area contributed by atoms with Gasteiger partial charge in [-0.1, -0.05) is 26.8 Å². The number of carbonyl (C=O) groups excluding carboxylic acids is 3. The highest BCUT2D eigenvalue weighted by Gasteiger charge is 2.41.